The zero-order chi connectivity index (χ0) is 31.7. The molecule has 2 N–H and O–H groups in total. The van der Waals surface area contributed by atoms with E-state index in [1.165, 1.54) is 50.2 Å². The third-order valence-electron chi connectivity index (χ3n) is 7.53. The highest BCUT2D eigenvalue weighted by Crippen LogP contribution is 2.34. The lowest BCUT2D eigenvalue weighted by Crippen LogP contribution is -2.15. The number of aryl methyl sites for hydroxylation is 1. The number of benzene rings is 3. The van der Waals surface area contributed by atoms with Gasteiger partial charge >= 0.3 is 11.7 Å². The first kappa shape index (κ1) is 34.2. The van der Waals surface area contributed by atoms with Gasteiger partial charge in [0.15, 0.2) is 5.75 Å². The molecule has 0 aromatic heterocycles. The number of unbranched alkanes of at least 4 members (excludes halogenated alkanes) is 8. The number of anilines is 1. The van der Waals surface area contributed by atoms with Crippen molar-refractivity contribution in [2.45, 2.75) is 104 Å². The molecule has 234 valence electrons. The summed E-state index contributed by atoms with van der Waals surface area (Å²) in [6.07, 6.45) is 13.7. The van der Waals surface area contributed by atoms with Gasteiger partial charge in [0.05, 0.1) is 22.3 Å². The molecule has 1 unspecified atom stereocenters. The van der Waals surface area contributed by atoms with Crippen LogP contribution >= 0.6 is 0 Å². The van der Waals surface area contributed by atoms with Crippen LogP contribution in [-0.2, 0) is 6.42 Å². The van der Waals surface area contributed by atoms with E-state index in [0.717, 1.165) is 55.7 Å². The Hall–Kier alpha value is -4.31. The molecule has 0 bridgehead atoms. The lowest BCUT2D eigenvalue weighted by Gasteiger charge is -2.16. The molecule has 3 aromatic rings. The maximum absolute atomic E-state index is 12.9. The fourth-order valence-corrected chi connectivity index (χ4v) is 4.91. The first-order valence-corrected chi connectivity index (χ1v) is 16.0. The topological polar surface area (TPSA) is 105 Å². The maximum atomic E-state index is 12.9. The van der Waals surface area contributed by atoms with Gasteiger partial charge in [-0.25, -0.2) is 4.79 Å². The molecule has 1 atom stereocenters. The molecule has 0 spiro atoms. The summed E-state index contributed by atoms with van der Waals surface area (Å²) in [6, 6.07) is 17.6. The van der Waals surface area contributed by atoms with E-state index in [-0.39, 0.29) is 34.5 Å². The SMILES string of the molecule is CCCCCCCCc1ccc(C#Cc2ccc(OC(=O)c3cc([N+](=O)[O-])c(OC(C)CCCCCC)cc3N)cc2)cc1. The summed E-state index contributed by atoms with van der Waals surface area (Å²) in [5.41, 5.74) is 8.77. The molecule has 3 aromatic carbocycles. The first-order chi connectivity index (χ1) is 21.3. The van der Waals surface area contributed by atoms with Gasteiger partial charge in [-0.15, -0.1) is 0 Å². The van der Waals surface area contributed by atoms with Crippen LogP contribution in [0.25, 0.3) is 0 Å². The van der Waals surface area contributed by atoms with Crippen LogP contribution in [0, 0.1) is 22.0 Å². The summed E-state index contributed by atoms with van der Waals surface area (Å²) in [5, 5.41) is 11.8. The van der Waals surface area contributed by atoms with Crippen molar-refractivity contribution in [3.63, 3.8) is 0 Å². The Labute approximate surface area is 262 Å². The molecular weight excluding hydrogens is 552 g/mol. The molecule has 7 nitrogen and oxygen atoms in total. The van der Waals surface area contributed by atoms with Gasteiger partial charge in [-0.1, -0.05) is 89.2 Å². The normalized spacial score (nSPS) is 11.3. The van der Waals surface area contributed by atoms with Crippen molar-refractivity contribution in [2.75, 3.05) is 5.73 Å². The van der Waals surface area contributed by atoms with E-state index in [4.69, 9.17) is 15.2 Å². The van der Waals surface area contributed by atoms with E-state index in [9.17, 15) is 14.9 Å². The van der Waals surface area contributed by atoms with E-state index in [0.29, 0.717) is 0 Å². The van der Waals surface area contributed by atoms with Crippen molar-refractivity contribution < 1.29 is 19.2 Å². The van der Waals surface area contributed by atoms with Gasteiger partial charge in [0, 0.05) is 23.3 Å². The molecule has 44 heavy (non-hydrogen) atoms. The molecule has 0 heterocycles. The fourth-order valence-electron chi connectivity index (χ4n) is 4.91. The van der Waals surface area contributed by atoms with Crippen LogP contribution < -0.4 is 15.2 Å². The van der Waals surface area contributed by atoms with Crippen molar-refractivity contribution in [1.82, 2.24) is 0 Å². The first-order valence-electron chi connectivity index (χ1n) is 16.0. The average molecular weight is 599 g/mol. The van der Waals surface area contributed by atoms with E-state index >= 15 is 0 Å². The predicted octanol–water partition coefficient (Wildman–Crippen LogP) is 9.44. The number of nitrogens with zero attached hydrogens (tertiary/aromatic N) is 1. The predicted molar refractivity (Wildman–Crippen MR) is 177 cm³/mol. The number of ether oxygens (including phenoxy) is 2. The molecule has 7 heteroatoms. The number of esters is 1. The molecular formula is C37H46N2O5. The summed E-state index contributed by atoms with van der Waals surface area (Å²) >= 11 is 0. The van der Waals surface area contributed by atoms with Gasteiger partial charge in [-0.2, -0.15) is 0 Å². The smallest absolute Gasteiger partial charge is 0.345 e. The number of nitro groups is 1. The second-order valence-electron chi connectivity index (χ2n) is 11.3. The summed E-state index contributed by atoms with van der Waals surface area (Å²) in [4.78, 5) is 24.1. The molecule has 0 saturated carbocycles. The molecule has 0 aliphatic carbocycles. The van der Waals surface area contributed by atoms with Gasteiger partial charge in [-0.3, -0.25) is 10.1 Å². The Morgan fingerprint density at radius 2 is 1.41 bits per heavy atom. The third kappa shape index (κ3) is 11.4. The highest BCUT2D eigenvalue weighted by Gasteiger charge is 2.24. The van der Waals surface area contributed by atoms with Crippen molar-refractivity contribution in [1.29, 1.82) is 0 Å². The van der Waals surface area contributed by atoms with Crippen molar-refractivity contribution in [3.05, 3.63) is 93.0 Å². The van der Waals surface area contributed by atoms with Gasteiger partial charge < -0.3 is 15.2 Å². The number of hydrogen-bond donors (Lipinski definition) is 1. The largest absolute Gasteiger partial charge is 0.484 e. The zero-order valence-corrected chi connectivity index (χ0v) is 26.4. The fraction of sp³-hybridized carbons (Fsp3) is 0.432. The molecule has 0 aliphatic heterocycles. The highest BCUT2D eigenvalue weighted by atomic mass is 16.6. The molecule has 0 radical (unpaired) electrons. The van der Waals surface area contributed by atoms with Crippen molar-refractivity contribution in [2.24, 2.45) is 0 Å². The maximum Gasteiger partial charge on any atom is 0.345 e. The van der Waals surface area contributed by atoms with Crippen LogP contribution in [0.4, 0.5) is 11.4 Å². The molecule has 0 aliphatic rings. The van der Waals surface area contributed by atoms with Crippen LogP contribution in [0.2, 0.25) is 0 Å². The van der Waals surface area contributed by atoms with Gasteiger partial charge in [-0.05, 0) is 74.6 Å². The number of nitrogens with two attached hydrogens (primary N) is 1. The van der Waals surface area contributed by atoms with Gasteiger partial charge in [0.25, 0.3) is 0 Å². The van der Waals surface area contributed by atoms with Crippen molar-refractivity contribution >= 4 is 17.3 Å². The molecule has 3 rings (SSSR count). The van der Waals surface area contributed by atoms with E-state index < -0.39 is 10.9 Å². The summed E-state index contributed by atoms with van der Waals surface area (Å²) in [5.74, 6) is 5.85. The van der Waals surface area contributed by atoms with Crippen LogP contribution in [-0.4, -0.2) is 17.0 Å². The minimum Gasteiger partial charge on any atom is -0.484 e. The summed E-state index contributed by atoms with van der Waals surface area (Å²) in [7, 11) is 0. The Kier molecular flexibility index (Phi) is 14.3. The Morgan fingerprint density at radius 1 is 0.841 bits per heavy atom. The lowest BCUT2D eigenvalue weighted by molar-refractivity contribution is -0.386. The highest BCUT2D eigenvalue weighted by molar-refractivity contribution is 5.97. The average Bonchev–Trinajstić information content (AvgIpc) is 3.01. The Morgan fingerprint density at radius 3 is 2.02 bits per heavy atom. The third-order valence-corrected chi connectivity index (χ3v) is 7.53. The Balaban J connectivity index is 1.57. The molecule has 0 saturated heterocycles. The number of rotatable bonds is 17. The van der Waals surface area contributed by atoms with Crippen LogP contribution in [0.3, 0.4) is 0 Å². The number of nitro benzene ring substituents is 1. The van der Waals surface area contributed by atoms with E-state index in [1.807, 2.05) is 19.1 Å². The quantitative estimate of drug-likeness (QED) is 0.0316. The molecule has 0 amide bonds. The lowest BCUT2D eigenvalue weighted by atomic mass is 10.0. The zero-order valence-electron chi connectivity index (χ0n) is 26.4. The van der Waals surface area contributed by atoms with Crippen LogP contribution in [0.15, 0.2) is 60.7 Å². The van der Waals surface area contributed by atoms with Crippen molar-refractivity contribution in [3.8, 4) is 23.3 Å². The van der Waals surface area contributed by atoms with Gasteiger partial charge in [0.1, 0.15) is 5.75 Å². The summed E-state index contributed by atoms with van der Waals surface area (Å²) in [6.45, 7) is 6.25. The van der Waals surface area contributed by atoms with Gasteiger partial charge in [0.2, 0.25) is 0 Å². The minimum absolute atomic E-state index is 0.0439. The van der Waals surface area contributed by atoms with E-state index in [1.54, 1.807) is 24.3 Å². The second kappa shape index (κ2) is 18.4. The summed E-state index contributed by atoms with van der Waals surface area (Å²) < 4.78 is 11.3. The standard InChI is InChI=1S/C37H46N2O5/c1-4-6-8-10-11-13-15-29-16-18-30(19-17-29)20-21-31-22-24-32(25-23-31)44-37(40)33-26-35(39(41)42)36(27-34(33)38)43-28(3)14-12-9-7-5-2/h16-19,22-28H,4-15,38H2,1-3H3. The molecule has 0 fully saturated rings. The second-order valence-corrected chi connectivity index (χ2v) is 11.3. The minimum atomic E-state index is -0.787. The number of nitrogen functional groups attached to an aromatic ring is 1. The van der Waals surface area contributed by atoms with E-state index in [2.05, 4.69) is 37.8 Å². The number of carbonyl (C=O) groups excluding carboxylic acids is 1. The monoisotopic (exact) mass is 598 g/mol. The Bertz CT molecular complexity index is 1400. The van der Waals surface area contributed by atoms with Crippen LogP contribution in [0.5, 0.6) is 11.5 Å². The number of carbonyl (C=O) groups is 1. The number of hydrogen-bond acceptors (Lipinski definition) is 6. The van der Waals surface area contributed by atoms with Crippen LogP contribution in [0.1, 0.15) is 118 Å².